The molecule has 6 heteroatoms. The molecule has 0 saturated carbocycles. The largest absolute Gasteiger partial charge is 0.489 e. The van der Waals surface area contributed by atoms with Crippen molar-refractivity contribution < 1.29 is 14.3 Å². The molecule has 2 aromatic carbocycles. The maximum absolute atomic E-state index is 12.1. The molecule has 0 bridgehead atoms. The van der Waals surface area contributed by atoms with Crippen LogP contribution in [0.2, 0.25) is 0 Å². The van der Waals surface area contributed by atoms with Crippen molar-refractivity contribution in [3.05, 3.63) is 88.1 Å². The van der Waals surface area contributed by atoms with Gasteiger partial charge in [-0.05, 0) is 23.1 Å². The SMILES string of the molecule is O=C(CCNC(=O)c1ccsc1)NCc1ccccc1OCc1ccccc1. The van der Waals surface area contributed by atoms with E-state index in [0.29, 0.717) is 25.3 Å². The number of carbonyl (C=O) groups is 2. The van der Waals surface area contributed by atoms with Crippen LogP contribution in [0.25, 0.3) is 0 Å². The third kappa shape index (κ3) is 5.96. The molecule has 0 spiro atoms. The predicted octanol–water partition coefficient (Wildman–Crippen LogP) is 3.76. The maximum atomic E-state index is 12.1. The summed E-state index contributed by atoms with van der Waals surface area (Å²) < 4.78 is 5.90. The fourth-order valence-corrected chi connectivity index (χ4v) is 3.23. The summed E-state index contributed by atoms with van der Waals surface area (Å²) in [6.07, 6.45) is 0.225. The highest BCUT2D eigenvalue weighted by atomic mass is 32.1. The molecule has 1 aromatic heterocycles. The molecular weight excluding hydrogens is 372 g/mol. The smallest absolute Gasteiger partial charge is 0.252 e. The van der Waals surface area contributed by atoms with Crippen LogP contribution >= 0.6 is 11.3 Å². The van der Waals surface area contributed by atoms with Gasteiger partial charge in [0.05, 0.1) is 0 Å². The Hall–Kier alpha value is -3.12. The highest BCUT2D eigenvalue weighted by Gasteiger charge is 2.08. The molecule has 0 atom stereocenters. The highest BCUT2D eigenvalue weighted by Crippen LogP contribution is 2.19. The Morgan fingerprint density at radius 3 is 2.50 bits per heavy atom. The first-order valence-corrected chi connectivity index (χ1v) is 9.98. The molecule has 1 heterocycles. The van der Waals surface area contributed by atoms with Crippen LogP contribution in [0.4, 0.5) is 0 Å². The van der Waals surface area contributed by atoms with Crippen LogP contribution < -0.4 is 15.4 Å². The van der Waals surface area contributed by atoms with Gasteiger partial charge < -0.3 is 15.4 Å². The first-order chi connectivity index (χ1) is 13.7. The molecule has 0 unspecified atom stereocenters. The summed E-state index contributed by atoms with van der Waals surface area (Å²) in [4.78, 5) is 23.9. The fourth-order valence-electron chi connectivity index (χ4n) is 2.59. The van der Waals surface area contributed by atoms with Crippen molar-refractivity contribution in [3.63, 3.8) is 0 Å². The zero-order valence-corrected chi connectivity index (χ0v) is 16.2. The quantitative estimate of drug-likeness (QED) is 0.581. The van der Waals surface area contributed by atoms with Gasteiger partial charge in [-0.1, -0.05) is 48.5 Å². The Bertz CT molecular complexity index is 895. The monoisotopic (exact) mass is 394 g/mol. The van der Waals surface area contributed by atoms with E-state index in [-0.39, 0.29) is 18.2 Å². The summed E-state index contributed by atoms with van der Waals surface area (Å²) in [5, 5.41) is 9.25. The van der Waals surface area contributed by atoms with E-state index in [2.05, 4.69) is 10.6 Å². The Kier molecular flexibility index (Phi) is 7.21. The molecule has 0 fully saturated rings. The number of thiophene rings is 1. The number of carbonyl (C=O) groups excluding carboxylic acids is 2. The molecule has 2 amide bonds. The zero-order chi connectivity index (χ0) is 19.6. The Balaban J connectivity index is 1.43. The molecule has 2 N–H and O–H groups in total. The lowest BCUT2D eigenvalue weighted by Gasteiger charge is -2.12. The van der Waals surface area contributed by atoms with Crippen LogP contribution in [0.15, 0.2) is 71.4 Å². The number of para-hydroxylation sites is 1. The number of ether oxygens (including phenoxy) is 1. The molecule has 0 radical (unpaired) electrons. The van der Waals surface area contributed by atoms with Gasteiger partial charge >= 0.3 is 0 Å². The second-order valence-corrected chi connectivity index (χ2v) is 6.96. The van der Waals surface area contributed by atoms with Crippen LogP contribution in [0, 0.1) is 0 Å². The average molecular weight is 394 g/mol. The minimum Gasteiger partial charge on any atom is -0.489 e. The summed E-state index contributed by atoms with van der Waals surface area (Å²) in [5.74, 6) is 0.467. The lowest BCUT2D eigenvalue weighted by atomic mass is 10.2. The van der Waals surface area contributed by atoms with Crippen molar-refractivity contribution >= 4 is 23.2 Å². The van der Waals surface area contributed by atoms with Gasteiger partial charge in [-0.25, -0.2) is 0 Å². The normalized spacial score (nSPS) is 10.3. The van der Waals surface area contributed by atoms with E-state index >= 15 is 0 Å². The number of hydrogen-bond donors (Lipinski definition) is 2. The first kappa shape index (κ1) is 19.6. The number of amides is 2. The number of hydrogen-bond acceptors (Lipinski definition) is 4. The summed E-state index contributed by atoms with van der Waals surface area (Å²) in [6, 6.07) is 19.3. The Morgan fingerprint density at radius 2 is 1.71 bits per heavy atom. The van der Waals surface area contributed by atoms with Crippen LogP contribution in [0.3, 0.4) is 0 Å². The van der Waals surface area contributed by atoms with Gasteiger partial charge in [0, 0.05) is 36.0 Å². The van der Waals surface area contributed by atoms with E-state index in [1.54, 1.807) is 11.4 Å². The van der Waals surface area contributed by atoms with Crippen molar-refractivity contribution in [2.24, 2.45) is 0 Å². The highest BCUT2D eigenvalue weighted by molar-refractivity contribution is 7.08. The van der Waals surface area contributed by atoms with Crippen molar-refractivity contribution in [2.75, 3.05) is 6.54 Å². The fraction of sp³-hybridized carbons (Fsp3) is 0.182. The maximum Gasteiger partial charge on any atom is 0.252 e. The van der Waals surface area contributed by atoms with Crippen LogP contribution in [0.1, 0.15) is 27.9 Å². The van der Waals surface area contributed by atoms with Gasteiger partial charge in [-0.3, -0.25) is 9.59 Å². The second-order valence-electron chi connectivity index (χ2n) is 6.18. The van der Waals surface area contributed by atoms with Gasteiger partial charge in [0.15, 0.2) is 0 Å². The lowest BCUT2D eigenvalue weighted by molar-refractivity contribution is -0.121. The number of nitrogens with one attached hydrogen (secondary N) is 2. The van der Waals surface area contributed by atoms with Crippen molar-refractivity contribution in [1.82, 2.24) is 10.6 Å². The molecule has 144 valence electrons. The van der Waals surface area contributed by atoms with Crippen molar-refractivity contribution in [3.8, 4) is 5.75 Å². The molecule has 3 rings (SSSR count). The van der Waals surface area contributed by atoms with Gasteiger partial charge in [-0.15, -0.1) is 0 Å². The van der Waals surface area contributed by atoms with E-state index in [4.69, 9.17) is 4.74 Å². The topological polar surface area (TPSA) is 67.4 Å². The summed E-state index contributed by atoms with van der Waals surface area (Å²) in [7, 11) is 0. The molecule has 0 aliphatic heterocycles. The van der Waals surface area contributed by atoms with E-state index in [9.17, 15) is 9.59 Å². The molecule has 3 aromatic rings. The Morgan fingerprint density at radius 1 is 0.929 bits per heavy atom. The molecule has 0 aliphatic carbocycles. The van der Waals surface area contributed by atoms with E-state index in [1.807, 2.05) is 60.0 Å². The standard InChI is InChI=1S/C22H22N2O3S/c25-21(10-12-23-22(26)19-11-13-28-16-19)24-14-18-8-4-5-9-20(18)27-15-17-6-2-1-3-7-17/h1-9,11,13,16H,10,12,14-15H2,(H,23,26)(H,24,25). The summed E-state index contributed by atoms with van der Waals surface area (Å²) >= 11 is 1.47. The first-order valence-electron chi connectivity index (χ1n) is 9.04. The van der Waals surface area contributed by atoms with Crippen LogP contribution in [-0.2, 0) is 17.9 Å². The van der Waals surface area contributed by atoms with Gasteiger partial charge in [0.2, 0.25) is 5.91 Å². The molecule has 0 saturated heterocycles. The Labute approximate surface area is 168 Å². The summed E-state index contributed by atoms with van der Waals surface area (Å²) in [6.45, 7) is 1.15. The molecule has 0 aliphatic rings. The van der Waals surface area contributed by atoms with E-state index in [1.165, 1.54) is 11.3 Å². The molecule has 5 nitrogen and oxygen atoms in total. The minimum atomic E-state index is -0.159. The number of benzene rings is 2. The summed E-state index contributed by atoms with van der Waals surface area (Å²) in [5.41, 5.74) is 2.62. The second kappa shape index (κ2) is 10.3. The van der Waals surface area contributed by atoms with Crippen LogP contribution in [0.5, 0.6) is 5.75 Å². The van der Waals surface area contributed by atoms with Crippen LogP contribution in [-0.4, -0.2) is 18.4 Å². The third-order valence-electron chi connectivity index (χ3n) is 4.11. The van der Waals surface area contributed by atoms with Gasteiger partial charge in [0.1, 0.15) is 12.4 Å². The van der Waals surface area contributed by atoms with Gasteiger partial charge in [0.25, 0.3) is 5.91 Å². The zero-order valence-electron chi connectivity index (χ0n) is 15.4. The van der Waals surface area contributed by atoms with Crippen molar-refractivity contribution in [1.29, 1.82) is 0 Å². The van der Waals surface area contributed by atoms with E-state index < -0.39 is 0 Å². The van der Waals surface area contributed by atoms with Gasteiger partial charge in [-0.2, -0.15) is 11.3 Å². The lowest BCUT2D eigenvalue weighted by Crippen LogP contribution is -2.30. The molecule has 28 heavy (non-hydrogen) atoms. The van der Waals surface area contributed by atoms with E-state index in [0.717, 1.165) is 16.9 Å². The minimum absolute atomic E-state index is 0.122. The molecular formula is C22H22N2O3S. The third-order valence-corrected chi connectivity index (χ3v) is 4.79. The number of rotatable bonds is 9. The average Bonchev–Trinajstić information content (AvgIpc) is 3.27. The van der Waals surface area contributed by atoms with Crippen molar-refractivity contribution in [2.45, 2.75) is 19.6 Å². The predicted molar refractivity (Wildman–Crippen MR) is 110 cm³/mol.